The number of benzene rings is 1. The van der Waals surface area contributed by atoms with Crippen molar-refractivity contribution in [3.05, 3.63) is 29.8 Å². The van der Waals surface area contributed by atoms with Gasteiger partial charge in [-0.15, -0.1) is 0 Å². The van der Waals surface area contributed by atoms with Crippen LogP contribution in [0.5, 0.6) is 11.5 Å². The van der Waals surface area contributed by atoms with Gasteiger partial charge < -0.3 is 24.4 Å². The molecule has 1 amide bonds. The zero-order chi connectivity index (χ0) is 16.8. The molecular weight excluding hydrogens is 300 g/mol. The molecule has 0 fully saturated rings. The predicted molar refractivity (Wildman–Crippen MR) is 84.4 cm³/mol. The Labute approximate surface area is 134 Å². The van der Waals surface area contributed by atoms with Gasteiger partial charge >= 0.3 is 5.97 Å². The van der Waals surface area contributed by atoms with Crippen LogP contribution < -0.4 is 9.47 Å². The second-order valence-electron chi connectivity index (χ2n) is 5.40. The number of carbonyl (C=O) groups is 2. The normalized spacial score (nSPS) is 12.8. The number of ether oxygens (including phenoxy) is 2. The summed E-state index contributed by atoms with van der Waals surface area (Å²) >= 11 is 0. The smallest absolute Gasteiger partial charge is 0.323 e. The fourth-order valence-corrected chi connectivity index (χ4v) is 2.04. The Hall–Kier alpha value is -2.54. The monoisotopic (exact) mass is 320 g/mol. The summed E-state index contributed by atoms with van der Waals surface area (Å²) in [6.07, 6.45) is 3.00. The van der Waals surface area contributed by atoms with E-state index in [2.05, 4.69) is 0 Å². The molecule has 1 N–H and O–H groups in total. The summed E-state index contributed by atoms with van der Waals surface area (Å²) in [6, 6.07) is 5.35. The van der Waals surface area contributed by atoms with E-state index in [9.17, 15) is 9.59 Å². The maximum atomic E-state index is 12.2. The third-order valence-corrected chi connectivity index (χ3v) is 3.27. The Morgan fingerprint density at radius 3 is 2.65 bits per heavy atom. The lowest BCUT2D eigenvalue weighted by Gasteiger charge is -2.21. The minimum Gasteiger partial charge on any atom is -0.480 e. The molecule has 0 bridgehead atoms. The molecular formula is C16H20N2O5. The minimum absolute atomic E-state index is 0.193. The Morgan fingerprint density at radius 1 is 1.22 bits per heavy atom. The van der Waals surface area contributed by atoms with E-state index in [-0.39, 0.29) is 19.2 Å². The van der Waals surface area contributed by atoms with E-state index < -0.39 is 5.97 Å². The molecule has 1 aromatic carbocycles. The van der Waals surface area contributed by atoms with Crippen molar-refractivity contribution in [1.29, 1.82) is 0 Å². The summed E-state index contributed by atoms with van der Waals surface area (Å²) in [5, 5.41) is 8.93. The summed E-state index contributed by atoms with van der Waals surface area (Å²) in [7, 11) is 3.73. The van der Waals surface area contributed by atoms with Gasteiger partial charge in [-0.1, -0.05) is 6.07 Å². The first-order chi connectivity index (χ1) is 11.0. The van der Waals surface area contributed by atoms with Gasteiger partial charge in [0.2, 0.25) is 12.7 Å². The van der Waals surface area contributed by atoms with Crippen LogP contribution in [0.4, 0.5) is 0 Å². The third-order valence-electron chi connectivity index (χ3n) is 3.27. The summed E-state index contributed by atoms with van der Waals surface area (Å²) < 4.78 is 10.5. The number of nitrogens with zero attached hydrogens (tertiary/aromatic N) is 2. The van der Waals surface area contributed by atoms with E-state index in [1.807, 2.05) is 19.0 Å². The number of amides is 1. The van der Waals surface area contributed by atoms with Crippen molar-refractivity contribution >= 4 is 18.0 Å². The van der Waals surface area contributed by atoms with Crippen molar-refractivity contribution in [3.8, 4) is 11.5 Å². The number of fused-ring (bicyclic) bond motifs is 1. The van der Waals surface area contributed by atoms with E-state index >= 15 is 0 Å². The molecule has 0 saturated heterocycles. The number of hydrogen-bond acceptors (Lipinski definition) is 5. The molecule has 0 aliphatic carbocycles. The van der Waals surface area contributed by atoms with Crippen molar-refractivity contribution in [3.63, 3.8) is 0 Å². The fraction of sp³-hybridized carbons (Fsp3) is 0.375. The summed E-state index contributed by atoms with van der Waals surface area (Å²) in [4.78, 5) is 26.3. The largest absolute Gasteiger partial charge is 0.480 e. The van der Waals surface area contributed by atoms with Crippen molar-refractivity contribution in [2.75, 3.05) is 40.5 Å². The van der Waals surface area contributed by atoms with Crippen LogP contribution in [-0.4, -0.2) is 67.3 Å². The van der Waals surface area contributed by atoms with Gasteiger partial charge in [0.15, 0.2) is 11.5 Å². The lowest BCUT2D eigenvalue weighted by atomic mass is 10.2. The van der Waals surface area contributed by atoms with Crippen LogP contribution in [0.25, 0.3) is 6.08 Å². The van der Waals surface area contributed by atoms with Crippen LogP contribution >= 0.6 is 0 Å². The van der Waals surface area contributed by atoms with Gasteiger partial charge in [-0.3, -0.25) is 9.59 Å². The van der Waals surface area contributed by atoms with Crippen molar-refractivity contribution < 1.29 is 24.2 Å². The van der Waals surface area contributed by atoms with Crippen molar-refractivity contribution in [2.24, 2.45) is 0 Å². The second-order valence-corrected chi connectivity index (χ2v) is 5.40. The first-order valence-electron chi connectivity index (χ1n) is 7.19. The summed E-state index contributed by atoms with van der Waals surface area (Å²) in [5.74, 6) is -0.0675. The molecule has 0 aromatic heterocycles. The number of carboxylic acids is 1. The molecule has 0 unspecified atom stereocenters. The van der Waals surface area contributed by atoms with E-state index in [1.54, 1.807) is 24.3 Å². The highest BCUT2D eigenvalue weighted by molar-refractivity contribution is 5.93. The molecule has 1 aliphatic heterocycles. The molecule has 1 aliphatic rings. The molecule has 7 heteroatoms. The standard InChI is InChI=1S/C16H20N2O5/c1-17(2)7-8-18(10-16(20)21)15(19)6-4-12-3-5-13-14(9-12)23-11-22-13/h3-6,9H,7-8,10-11H2,1-2H3,(H,20,21)/b6-4+. The van der Waals surface area contributed by atoms with E-state index in [0.29, 0.717) is 24.6 Å². The number of carboxylic acid groups (broad SMARTS) is 1. The lowest BCUT2D eigenvalue weighted by Crippen LogP contribution is -2.39. The Bertz CT molecular complexity index is 612. The van der Waals surface area contributed by atoms with Gasteiger partial charge in [0.05, 0.1) is 0 Å². The Balaban J connectivity index is 2.02. The van der Waals surface area contributed by atoms with Gasteiger partial charge in [0.25, 0.3) is 0 Å². The molecule has 0 spiro atoms. The topological polar surface area (TPSA) is 79.3 Å². The number of rotatable bonds is 7. The van der Waals surface area contributed by atoms with Crippen LogP contribution in [0.1, 0.15) is 5.56 Å². The molecule has 0 saturated carbocycles. The molecule has 2 rings (SSSR count). The Kier molecular flexibility index (Phi) is 5.59. The number of aliphatic carboxylic acids is 1. The number of likely N-dealkylation sites (N-methyl/N-ethyl adjacent to an activating group) is 1. The molecule has 0 radical (unpaired) electrons. The number of carbonyl (C=O) groups excluding carboxylic acids is 1. The summed E-state index contributed by atoms with van der Waals surface area (Å²) in [6.45, 7) is 0.816. The zero-order valence-corrected chi connectivity index (χ0v) is 13.2. The average molecular weight is 320 g/mol. The minimum atomic E-state index is -1.03. The van der Waals surface area contributed by atoms with Gasteiger partial charge in [-0.25, -0.2) is 0 Å². The average Bonchev–Trinajstić information content (AvgIpc) is 2.96. The molecule has 7 nitrogen and oxygen atoms in total. The van der Waals surface area contributed by atoms with Crippen molar-refractivity contribution in [1.82, 2.24) is 9.80 Å². The van der Waals surface area contributed by atoms with Crippen LogP contribution in [-0.2, 0) is 9.59 Å². The third kappa shape index (κ3) is 5.00. The maximum absolute atomic E-state index is 12.2. The first-order valence-corrected chi connectivity index (χ1v) is 7.19. The number of hydrogen-bond donors (Lipinski definition) is 1. The van der Waals surface area contributed by atoms with Crippen LogP contribution in [0.3, 0.4) is 0 Å². The van der Waals surface area contributed by atoms with Gasteiger partial charge in [0, 0.05) is 19.2 Å². The van der Waals surface area contributed by atoms with Crippen LogP contribution in [0.2, 0.25) is 0 Å². The highest BCUT2D eigenvalue weighted by atomic mass is 16.7. The van der Waals surface area contributed by atoms with Crippen LogP contribution in [0, 0.1) is 0 Å². The molecule has 23 heavy (non-hydrogen) atoms. The summed E-state index contributed by atoms with van der Waals surface area (Å²) in [5.41, 5.74) is 0.783. The highest BCUT2D eigenvalue weighted by Gasteiger charge is 2.15. The highest BCUT2D eigenvalue weighted by Crippen LogP contribution is 2.32. The van der Waals surface area contributed by atoms with Gasteiger partial charge in [0.1, 0.15) is 6.54 Å². The molecule has 124 valence electrons. The molecule has 1 heterocycles. The van der Waals surface area contributed by atoms with Gasteiger partial charge in [-0.05, 0) is 37.9 Å². The quantitative estimate of drug-likeness (QED) is 0.752. The molecule has 0 atom stereocenters. The van der Waals surface area contributed by atoms with E-state index in [0.717, 1.165) is 5.56 Å². The van der Waals surface area contributed by atoms with E-state index in [4.69, 9.17) is 14.6 Å². The predicted octanol–water partition coefficient (Wildman–Crippen LogP) is 0.903. The Morgan fingerprint density at radius 2 is 1.96 bits per heavy atom. The van der Waals surface area contributed by atoms with Crippen molar-refractivity contribution in [2.45, 2.75) is 0 Å². The van der Waals surface area contributed by atoms with Gasteiger partial charge in [-0.2, -0.15) is 0 Å². The van der Waals surface area contributed by atoms with Crippen LogP contribution in [0.15, 0.2) is 24.3 Å². The molecule has 1 aromatic rings. The zero-order valence-electron chi connectivity index (χ0n) is 13.2. The first kappa shape index (κ1) is 16.8. The lowest BCUT2D eigenvalue weighted by molar-refractivity contribution is -0.142. The SMILES string of the molecule is CN(C)CCN(CC(=O)O)C(=O)/C=C/c1ccc2c(c1)OCO2. The fourth-order valence-electron chi connectivity index (χ4n) is 2.04. The van der Waals surface area contributed by atoms with E-state index in [1.165, 1.54) is 11.0 Å². The second kappa shape index (κ2) is 7.64. The maximum Gasteiger partial charge on any atom is 0.323 e.